The van der Waals surface area contributed by atoms with Crippen LogP contribution in [0.2, 0.25) is 0 Å². The molecule has 0 aromatic rings. The van der Waals surface area contributed by atoms with E-state index in [0.29, 0.717) is 12.8 Å². The van der Waals surface area contributed by atoms with Crippen LogP contribution in [-0.4, -0.2) is 36.5 Å². The highest BCUT2D eigenvalue weighted by atomic mass is 16.5. The molecule has 16 heavy (non-hydrogen) atoms. The molecule has 1 fully saturated rings. The second kappa shape index (κ2) is 6.30. The number of amides is 1. The van der Waals surface area contributed by atoms with Crippen molar-refractivity contribution in [2.24, 2.45) is 0 Å². The van der Waals surface area contributed by atoms with Crippen molar-refractivity contribution in [3.05, 3.63) is 12.7 Å². The lowest BCUT2D eigenvalue weighted by Gasteiger charge is -2.35. The highest BCUT2D eigenvalue weighted by molar-refractivity contribution is 5.79. The van der Waals surface area contributed by atoms with E-state index in [2.05, 4.69) is 11.3 Å². The van der Waals surface area contributed by atoms with Gasteiger partial charge in [0.15, 0.2) is 0 Å². The molecule has 0 spiro atoms. The average Bonchev–Trinajstić information content (AvgIpc) is 2.30. The van der Waals surface area contributed by atoms with Crippen molar-refractivity contribution in [2.75, 3.05) is 13.7 Å². The molecule has 1 saturated heterocycles. The van der Waals surface area contributed by atoms with Crippen LogP contribution in [-0.2, 0) is 14.3 Å². The molecule has 0 N–H and O–H groups in total. The maximum Gasteiger partial charge on any atom is 0.307 e. The fraction of sp³-hybridized carbons (Fsp3) is 0.667. The number of carbonyl (C=O) groups is 2. The van der Waals surface area contributed by atoms with Crippen molar-refractivity contribution in [3.63, 3.8) is 0 Å². The zero-order chi connectivity index (χ0) is 12.0. The normalized spacial score (nSPS) is 20.3. The van der Waals surface area contributed by atoms with Gasteiger partial charge in [-0.25, -0.2) is 0 Å². The number of likely N-dealkylation sites (tertiary alicyclic amines) is 1. The van der Waals surface area contributed by atoms with Crippen molar-refractivity contribution in [1.82, 2.24) is 4.90 Å². The van der Waals surface area contributed by atoms with Gasteiger partial charge in [-0.2, -0.15) is 0 Å². The zero-order valence-electron chi connectivity index (χ0n) is 9.78. The Morgan fingerprint density at radius 2 is 2.25 bits per heavy atom. The van der Waals surface area contributed by atoms with Crippen LogP contribution in [0.15, 0.2) is 12.7 Å². The second-order valence-corrected chi connectivity index (χ2v) is 4.01. The molecule has 1 unspecified atom stereocenters. The fourth-order valence-electron chi connectivity index (χ4n) is 2.06. The summed E-state index contributed by atoms with van der Waals surface area (Å²) in [6, 6.07) is 0.00801. The topological polar surface area (TPSA) is 46.6 Å². The Hall–Kier alpha value is -1.32. The zero-order valence-corrected chi connectivity index (χ0v) is 9.78. The Morgan fingerprint density at radius 1 is 1.50 bits per heavy atom. The minimum absolute atomic E-state index is 0.00801. The van der Waals surface area contributed by atoms with E-state index in [1.807, 2.05) is 0 Å². The second-order valence-electron chi connectivity index (χ2n) is 4.01. The summed E-state index contributed by atoms with van der Waals surface area (Å²) in [4.78, 5) is 24.8. The number of carbonyl (C=O) groups excluding carboxylic acids is 2. The predicted molar refractivity (Wildman–Crippen MR) is 60.8 cm³/mol. The first kappa shape index (κ1) is 12.7. The third-order valence-electron chi connectivity index (χ3n) is 2.90. The Labute approximate surface area is 96.3 Å². The quantitative estimate of drug-likeness (QED) is 0.538. The summed E-state index contributed by atoms with van der Waals surface area (Å²) in [5, 5.41) is 0. The van der Waals surface area contributed by atoms with Gasteiger partial charge in [-0.1, -0.05) is 6.08 Å². The van der Waals surface area contributed by atoms with Gasteiger partial charge in [0.25, 0.3) is 0 Å². The molecule has 1 rings (SSSR count). The predicted octanol–water partition coefficient (Wildman–Crippen LogP) is 1.51. The molecule has 0 aliphatic carbocycles. The first-order valence-corrected chi connectivity index (χ1v) is 5.66. The first-order chi connectivity index (χ1) is 7.69. The summed E-state index contributed by atoms with van der Waals surface area (Å²) in [6.45, 7) is 4.30. The summed E-state index contributed by atoms with van der Waals surface area (Å²) in [6.07, 6.45) is 5.22. The molecule has 1 aliphatic rings. The van der Waals surface area contributed by atoms with E-state index in [1.165, 1.54) is 7.11 Å². The number of methoxy groups -OCH3 is 1. The molecule has 0 aromatic carbocycles. The van der Waals surface area contributed by atoms with Crippen molar-refractivity contribution in [2.45, 2.75) is 38.1 Å². The van der Waals surface area contributed by atoms with Gasteiger partial charge in [0, 0.05) is 19.0 Å². The molecule has 1 amide bonds. The summed E-state index contributed by atoms with van der Waals surface area (Å²) in [5.74, 6) is -0.188. The van der Waals surface area contributed by atoms with Crippen LogP contribution in [0.4, 0.5) is 0 Å². The molecule has 1 aliphatic heterocycles. The lowest BCUT2D eigenvalue weighted by atomic mass is 9.99. The lowest BCUT2D eigenvalue weighted by Crippen LogP contribution is -2.44. The molecule has 0 saturated carbocycles. The number of rotatable bonds is 4. The third kappa shape index (κ3) is 3.36. The van der Waals surface area contributed by atoms with E-state index in [-0.39, 0.29) is 17.9 Å². The molecule has 1 atom stereocenters. The van der Waals surface area contributed by atoms with Gasteiger partial charge in [0.1, 0.15) is 0 Å². The van der Waals surface area contributed by atoms with Crippen LogP contribution in [0.3, 0.4) is 0 Å². The van der Waals surface area contributed by atoms with Crippen molar-refractivity contribution >= 4 is 11.9 Å². The van der Waals surface area contributed by atoms with E-state index < -0.39 is 0 Å². The number of nitrogens with zero attached hydrogens (tertiary/aromatic N) is 1. The largest absolute Gasteiger partial charge is 0.469 e. The Kier molecular flexibility index (Phi) is 5.02. The summed E-state index contributed by atoms with van der Waals surface area (Å²) in [5.41, 5.74) is 0. The van der Waals surface area contributed by atoms with Crippen LogP contribution in [0.25, 0.3) is 0 Å². The van der Waals surface area contributed by atoms with Crippen molar-refractivity contribution < 1.29 is 14.3 Å². The van der Waals surface area contributed by atoms with Gasteiger partial charge in [-0.3, -0.25) is 9.59 Å². The van der Waals surface area contributed by atoms with Crippen molar-refractivity contribution in [3.8, 4) is 0 Å². The molecule has 4 heteroatoms. The van der Waals surface area contributed by atoms with Gasteiger partial charge in [-0.05, 0) is 19.3 Å². The van der Waals surface area contributed by atoms with Gasteiger partial charge < -0.3 is 9.64 Å². The van der Waals surface area contributed by atoms with E-state index in [0.717, 1.165) is 25.8 Å². The number of hydrogen-bond acceptors (Lipinski definition) is 3. The number of hydrogen-bond donors (Lipinski definition) is 0. The fourth-order valence-corrected chi connectivity index (χ4v) is 2.06. The maximum absolute atomic E-state index is 11.8. The lowest BCUT2D eigenvalue weighted by molar-refractivity contribution is -0.144. The SMILES string of the molecule is C=CCC(=O)N1CCCCC1CC(=O)OC. The van der Waals surface area contributed by atoms with E-state index in [9.17, 15) is 9.59 Å². The van der Waals surface area contributed by atoms with Crippen LogP contribution in [0, 0.1) is 0 Å². The number of piperidine rings is 1. The number of ether oxygens (including phenoxy) is 1. The van der Waals surface area contributed by atoms with Crippen molar-refractivity contribution in [1.29, 1.82) is 0 Å². The average molecular weight is 225 g/mol. The van der Waals surface area contributed by atoms with Crippen LogP contribution in [0.5, 0.6) is 0 Å². The highest BCUT2D eigenvalue weighted by Crippen LogP contribution is 2.20. The highest BCUT2D eigenvalue weighted by Gasteiger charge is 2.27. The van der Waals surface area contributed by atoms with E-state index >= 15 is 0 Å². The van der Waals surface area contributed by atoms with Gasteiger partial charge in [-0.15, -0.1) is 6.58 Å². The molecule has 90 valence electrons. The first-order valence-electron chi connectivity index (χ1n) is 5.66. The molecule has 1 heterocycles. The molecular formula is C12H19NO3. The third-order valence-corrected chi connectivity index (χ3v) is 2.90. The van der Waals surface area contributed by atoms with Crippen LogP contribution < -0.4 is 0 Å². The molecule has 0 bridgehead atoms. The van der Waals surface area contributed by atoms with Crippen LogP contribution >= 0.6 is 0 Å². The van der Waals surface area contributed by atoms with Gasteiger partial charge in [0.05, 0.1) is 13.5 Å². The van der Waals surface area contributed by atoms with Gasteiger partial charge in [0.2, 0.25) is 5.91 Å². The minimum atomic E-state index is -0.247. The Bertz CT molecular complexity index is 275. The number of esters is 1. The summed E-state index contributed by atoms with van der Waals surface area (Å²) >= 11 is 0. The molecule has 4 nitrogen and oxygen atoms in total. The smallest absolute Gasteiger partial charge is 0.307 e. The van der Waals surface area contributed by atoms with E-state index in [1.54, 1.807) is 11.0 Å². The molecular weight excluding hydrogens is 206 g/mol. The summed E-state index contributed by atoms with van der Waals surface area (Å²) in [7, 11) is 1.38. The van der Waals surface area contributed by atoms with Gasteiger partial charge >= 0.3 is 5.97 Å². The van der Waals surface area contributed by atoms with E-state index in [4.69, 9.17) is 0 Å². The molecule has 0 radical (unpaired) electrons. The monoisotopic (exact) mass is 225 g/mol. The maximum atomic E-state index is 11.8. The van der Waals surface area contributed by atoms with Crippen LogP contribution in [0.1, 0.15) is 32.1 Å². The summed E-state index contributed by atoms with van der Waals surface area (Å²) < 4.78 is 4.64. The standard InChI is InChI=1S/C12H19NO3/c1-3-6-11(14)13-8-5-4-7-10(13)9-12(15)16-2/h3,10H,1,4-9H2,2H3. The minimum Gasteiger partial charge on any atom is -0.469 e. The molecule has 0 aromatic heterocycles. The Morgan fingerprint density at radius 3 is 2.88 bits per heavy atom. The Balaban J connectivity index is 2.59.